The summed E-state index contributed by atoms with van der Waals surface area (Å²) >= 11 is 0. The Morgan fingerprint density at radius 3 is 2.67 bits per heavy atom. The molecule has 0 aromatic carbocycles. The highest BCUT2D eigenvalue weighted by Crippen LogP contribution is 2.19. The predicted octanol–water partition coefficient (Wildman–Crippen LogP) is 1.35. The molecular formula is C14H23N5O2. The Morgan fingerprint density at radius 1 is 1.43 bits per heavy atom. The van der Waals surface area contributed by atoms with Crippen LogP contribution in [0.2, 0.25) is 0 Å². The van der Waals surface area contributed by atoms with Crippen molar-refractivity contribution in [2.24, 2.45) is 0 Å². The maximum absolute atomic E-state index is 10.8. The third kappa shape index (κ3) is 4.37. The van der Waals surface area contributed by atoms with Crippen molar-refractivity contribution in [1.29, 1.82) is 0 Å². The smallest absolute Gasteiger partial charge is 0.290 e. The van der Waals surface area contributed by atoms with Gasteiger partial charge in [-0.05, 0) is 27.0 Å². The van der Waals surface area contributed by atoms with Crippen LogP contribution in [0.1, 0.15) is 12.5 Å². The number of hydrogen-bond acceptors (Lipinski definition) is 6. The number of likely N-dealkylation sites (N-methyl/N-ethyl adjacent to an activating group) is 1. The number of hydrogen-bond donors (Lipinski definition) is 1. The Bertz CT molecular complexity index is 500. The molecule has 0 bridgehead atoms. The first-order valence-corrected chi connectivity index (χ1v) is 7.24. The van der Waals surface area contributed by atoms with E-state index in [9.17, 15) is 10.1 Å². The molecule has 2 heterocycles. The summed E-state index contributed by atoms with van der Waals surface area (Å²) in [7, 11) is 2.14. The van der Waals surface area contributed by atoms with Gasteiger partial charge in [-0.2, -0.15) is 0 Å². The van der Waals surface area contributed by atoms with Crippen LogP contribution in [0.25, 0.3) is 0 Å². The van der Waals surface area contributed by atoms with Crippen LogP contribution in [0.4, 0.5) is 11.5 Å². The van der Waals surface area contributed by atoms with Crippen LogP contribution in [0.3, 0.4) is 0 Å². The number of piperazine rings is 1. The summed E-state index contributed by atoms with van der Waals surface area (Å²) in [6.45, 7) is 9.14. The molecule has 1 aliphatic rings. The number of pyridine rings is 1. The average Bonchev–Trinajstić information content (AvgIpc) is 2.41. The average molecular weight is 293 g/mol. The van der Waals surface area contributed by atoms with Gasteiger partial charge >= 0.3 is 0 Å². The molecule has 0 amide bonds. The van der Waals surface area contributed by atoms with Gasteiger partial charge in [0.1, 0.15) is 12.0 Å². The zero-order valence-electron chi connectivity index (χ0n) is 12.9. The lowest BCUT2D eigenvalue weighted by Crippen LogP contribution is -2.47. The van der Waals surface area contributed by atoms with E-state index >= 15 is 0 Å². The third-order valence-electron chi connectivity index (χ3n) is 3.80. The first-order valence-electron chi connectivity index (χ1n) is 7.24. The van der Waals surface area contributed by atoms with Crippen LogP contribution in [0.15, 0.2) is 12.3 Å². The van der Waals surface area contributed by atoms with Crippen molar-refractivity contribution in [1.82, 2.24) is 14.8 Å². The second kappa shape index (κ2) is 6.82. The summed E-state index contributed by atoms with van der Waals surface area (Å²) in [5.41, 5.74) is 0.691. The Balaban J connectivity index is 1.89. The van der Waals surface area contributed by atoms with Gasteiger partial charge in [0, 0.05) is 44.3 Å². The molecule has 1 aromatic rings. The number of anilines is 1. The van der Waals surface area contributed by atoms with Crippen molar-refractivity contribution in [2.75, 3.05) is 45.1 Å². The molecule has 1 aromatic heterocycles. The molecule has 2 rings (SSSR count). The number of nitrogens with one attached hydrogen (secondary N) is 1. The van der Waals surface area contributed by atoms with E-state index in [1.54, 1.807) is 13.0 Å². The van der Waals surface area contributed by atoms with Gasteiger partial charge in [0.25, 0.3) is 5.69 Å². The van der Waals surface area contributed by atoms with E-state index in [1.165, 1.54) is 6.20 Å². The van der Waals surface area contributed by atoms with Gasteiger partial charge in [-0.3, -0.25) is 15.0 Å². The van der Waals surface area contributed by atoms with Crippen LogP contribution < -0.4 is 5.32 Å². The molecule has 0 radical (unpaired) electrons. The van der Waals surface area contributed by atoms with Gasteiger partial charge in [-0.15, -0.1) is 0 Å². The summed E-state index contributed by atoms with van der Waals surface area (Å²) in [5.74, 6) is 0.694. The number of aryl methyl sites for hydroxylation is 1. The van der Waals surface area contributed by atoms with E-state index < -0.39 is 4.92 Å². The SMILES string of the molecule is Cc1cc(NC(C)CN2CCN(C)CC2)ncc1[N+](=O)[O-]. The molecule has 0 aliphatic carbocycles. The molecule has 1 fully saturated rings. The number of nitrogens with zero attached hydrogens (tertiary/aromatic N) is 4. The topological polar surface area (TPSA) is 74.5 Å². The zero-order chi connectivity index (χ0) is 15.4. The third-order valence-corrected chi connectivity index (χ3v) is 3.80. The molecule has 1 N–H and O–H groups in total. The summed E-state index contributed by atoms with van der Waals surface area (Å²) in [5, 5.41) is 14.1. The van der Waals surface area contributed by atoms with Gasteiger partial charge < -0.3 is 10.2 Å². The molecular weight excluding hydrogens is 270 g/mol. The van der Waals surface area contributed by atoms with Crippen LogP contribution in [0.5, 0.6) is 0 Å². The molecule has 7 nitrogen and oxygen atoms in total. The minimum Gasteiger partial charge on any atom is -0.366 e. The van der Waals surface area contributed by atoms with Crippen molar-refractivity contribution in [3.8, 4) is 0 Å². The van der Waals surface area contributed by atoms with E-state index in [-0.39, 0.29) is 11.7 Å². The highest BCUT2D eigenvalue weighted by atomic mass is 16.6. The van der Waals surface area contributed by atoms with Crippen molar-refractivity contribution in [3.05, 3.63) is 27.9 Å². The van der Waals surface area contributed by atoms with Gasteiger partial charge in [-0.25, -0.2) is 4.98 Å². The molecule has 7 heteroatoms. The Labute approximate surface area is 125 Å². The molecule has 1 atom stereocenters. The largest absolute Gasteiger partial charge is 0.366 e. The lowest BCUT2D eigenvalue weighted by atomic mass is 10.2. The molecule has 1 unspecified atom stereocenters. The lowest BCUT2D eigenvalue weighted by Gasteiger charge is -2.34. The van der Waals surface area contributed by atoms with Crippen LogP contribution in [-0.4, -0.2) is 65.5 Å². The highest BCUT2D eigenvalue weighted by molar-refractivity contribution is 5.47. The van der Waals surface area contributed by atoms with E-state index in [1.807, 2.05) is 0 Å². The van der Waals surface area contributed by atoms with E-state index in [4.69, 9.17) is 0 Å². The molecule has 0 saturated carbocycles. The van der Waals surface area contributed by atoms with Crippen LogP contribution in [-0.2, 0) is 0 Å². The zero-order valence-corrected chi connectivity index (χ0v) is 12.9. The van der Waals surface area contributed by atoms with E-state index in [2.05, 4.69) is 34.1 Å². The van der Waals surface area contributed by atoms with Gasteiger partial charge in [0.2, 0.25) is 0 Å². The summed E-state index contributed by atoms with van der Waals surface area (Å²) in [6.07, 6.45) is 1.32. The minimum atomic E-state index is -0.403. The Kier molecular flexibility index (Phi) is 5.08. The van der Waals surface area contributed by atoms with Gasteiger partial charge in [-0.1, -0.05) is 0 Å². The van der Waals surface area contributed by atoms with Crippen molar-refractivity contribution in [2.45, 2.75) is 19.9 Å². The monoisotopic (exact) mass is 293 g/mol. The van der Waals surface area contributed by atoms with Crippen molar-refractivity contribution >= 4 is 11.5 Å². The van der Waals surface area contributed by atoms with Crippen molar-refractivity contribution in [3.63, 3.8) is 0 Å². The maximum Gasteiger partial charge on any atom is 0.290 e. The fourth-order valence-electron chi connectivity index (χ4n) is 2.53. The Hall–Kier alpha value is -1.73. The molecule has 1 aliphatic heterocycles. The van der Waals surface area contributed by atoms with Gasteiger partial charge in [0.15, 0.2) is 0 Å². The van der Waals surface area contributed by atoms with Crippen LogP contribution >= 0.6 is 0 Å². The molecule has 21 heavy (non-hydrogen) atoms. The second-order valence-corrected chi connectivity index (χ2v) is 5.76. The number of nitro groups is 1. The first-order chi connectivity index (χ1) is 9.95. The molecule has 0 spiro atoms. The maximum atomic E-state index is 10.8. The number of rotatable bonds is 5. The van der Waals surface area contributed by atoms with Crippen molar-refractivity contribution < 1.29 is 4.92 Å². The second-order valence-electron chi connectivity index (χ2n) is 5.76. The van der Waals surface area contributed by atoms with E-state index in [0.717, 1.165) is 32.7 Å². The summed E-state index contributed by atoms with van der Waals surface area (Å²) < 4.78 is 0. The molecule has 1 saturated heterocycles. The Morgan fingerprint density at radius 2 is 2.10 bits per heavy atom. The number of aromatic nitrogens is 1. The van der Waals surface area contributed by atoms with Crippen LogP contribution in [0, 0.1) is 17.0 Å². The quantitative estimate of drug-likeness (QED) is 0.652. The fourth-order valence-corrected chi connectivity index (χ4v) is 2.53. The highest BCUT2D eigenvalue weighted by Gasteiger charge is 2.17. The summed E-state index contributed by atoms with van der Waals surface area (Å²) in [6, 6.07) is 1.99. The fraction of sp³-hybridized carbons (Fsp3) is 0.643. The standard InChI is InChI=1S/C14H23N5O2/c1-11-8-14(15-9-13(11)19(20)21)16-12(2)10-18-6-4-17(3)5-7-18/h8-9,12H,4-7,10H2,1-3H3,(H,15,16). The van der Waals surface area contributed by atoms with E-state index in [0.29, 0.717) is 11.4 Å². The minimum absolute atomic E-state index is 0.0623. The predicted molar refractivity (Wildman–Crippen MR) is 82.7 cm³/mol. The van der Waals surface area contributed by atoms with Gasteiger partial charge in [0.05, 0.1) is 4.92 Å². The first kappa shape index (κ1) is 15.7. The lowest BCUT2D eigenvalue weighted by molar-refractivity contribution is -0.385. The molecule has 116 valence electrons. The normalized spacial score (nSPS) is 18.4. The summed E-state index contributed by atoms with van der Waals surface area (Å²) in [4.78, 5) is 19.3.